The van der Waals surface area contributed by atoms with Crippen LogP contribution in [0.2, 0.25) is 0 Å². The topological polar surface area (TPSA) is 79.2 Å². The fourth-order valence-corrected chi connectivity index (χ4v) is 2.14. The zero-order valence-corrected chi connectivity index (χ0v) is 14.4. The molecule has 5 heteroatoms. The number of hydrogen-bond donors (Lipinski definition) is 1. The van der Waals surface area contributed by atoms with Gasteiger partial charge in [-0.3, -0.25) is 9.59 Å². The van der Waals surface area contributed by atoms with Gasteiger partial charge in [-0.25, -0.2) is 0 Å². The maximum atomic E-state index is 12.5. The van der Waals surface area contributed by atoms with E-state index in [9.17, 15) is 9.59 Å². The van der Waals surface area contributed by atoms with Gasteiger partial charge in [-0.1, -0.05) is 19.9 Å². The first kappa shape index (κ1) is 18.2. The Labute approximate surface area is 147 Å². The molecule has 1 atom stereocenters. The average molecular weight is 336 g/mol. The predicted molar refractivity (Wildman–Crippen MR) is 95.5 cm³/mol. The van der Waals surface area contributed by atoms with Gasteiger partial charge in [-0.2, -0.15) is 5.26 Å². The fourth-order valence-electron chi connectivity index (χ4n) is 2.14. The van der Waals surface area contributed by atoms with Crippen LogP contribution < -0.4 is 10.1 Å². The van der Waals surface area contributed by atoms with Crippen LogP contribution in [-0.4, -0.2) is 17.8 Å². The van der Waals surface area contributed by atoms with Crippen LogP contribution in [0.3, 0.4) is 0 Å². The number of nitriles is 1. The van der Waals surface area contributed by atoms with Crippen molar-refractivity contribution in [2.24, 2.45) is 5.92 Å². The molecule has 128 valence electrons. The summed E-state index contributed by atoms with van der Waals surface area (Å²) < 4.78 is 5.63. The third kappa shape index (κ3) is 4.92. The van der Waals surface area contributed by atoms with E-state index in [0.29, 0.717) is 22.6 Å². The Bertz CT molecular complexity index is 804. The smallest absolute Gasteiger partial charge is 0.226 e. The van der Waals surface area contributed by atoms with E-state index in [1.165, 1.54) is 0 Å². The molecule has 0 saturated heterocycles. The Morgan fingerprint density at radius 2 is 1.76 bits per heavy atom. The van der Waals surface area contributed by atoms with Gasteiger partial charge in [0, 0.05) is 17.2 Å². The number of ether oxygens (including phenoxy) is 1. The van der Waals surface area contributed by atoms with Gasteiger partial charge >= 0.3 is 0 Å². The Kier molecular flexibility index (Phi) is 5.91. The lowest BCUT2D eigenvalue weighted by atomic mass is 10.1. The molecular weight excluding hydrogens is 316 g/mol. The molecule has 0 fully saturated rings. The molecule has 0 bridgehead atoms. The minimum absolute atomic E-state index is 0.0758. The van der Waals surface area contributed by atoms with E-state index in [2.05, 4.69) is 5.32 Å². The van der Waals surface area contributed by atoms with Crippen LogP contribution in [0.4, 0.5) is 5.69 Å². The van der Waals surface area contributed by atoms with Crippen LogP contribution in [0, 0.1) is 17.2 Å². The highest BCUT2D eigenvalue weighted by molar-refractivity contribution is 6.00. The van der Waals surface area contributed by atoms with Gasteiger partial charge in [0.25, 0.3) is 0 Å². The molecule has 1 amide bonds. The monoisotopic (exact) mass is 336 g/mol. The molecule has 0 unspecified atom stereocenters. The van der Waals surface area contributed by atoms with Crippen molar-refractivity contribution < 1.29 is 14.3 Å². The highest BCUT2D eigenvalue weighted by Gasteiger charge is 2.17. The Balaban J connectivity index is 2.04. The molecule has 0 saturated carbocycles. The first-order chi connectivity index (χ1) is 11.9. The molecule has 0 aliphatic carbocycles. The van der Waals surface area contributed by atoms with Crippen molar-refractivity contribution >= 4 is 17.4 Å². The quantitative estimate of drug-likeness (QED) is 0.814. The largest absolute Gasteiger partial charge is 0.483 e. The van der Waals surface area contributed by atoms with E-state index < -0.39 is 6.10 Å². The molecule has 0 heterocycles. The molecule has 2 aromatic carbocycles. The molecule has 2 aromatic rings. The van der Waals surface area contributed by atoms with Gasteiger partial charge in [0.05, 0.1) is 11.6 Å². The summed E-state index contributed by atoms with van der Waals surface area (Å²) in [6, 6.07) is 15.4. The Morgan fingerprint density at radius 3 is 2.36 bits per heavy atom. The van der Waals surface area contributed by atoms with E-state index >= 15 is 0 Å². The molecular formula is C20H20N2O3. The van der Waals surface area contributed by atoms with E-state index in [4.69, 9.17) is 10.00 Å². The minimum atomic E-state index is -0.690. The summed E-state index contributed by atoms with van der Waals surface area (Å²) >= 11 is 0. The summed E-state index contributed by atoms with van der Waals surface area (Å²) in [5.74, 6) is 0.108. The Morgan fingerprint density at radius 1 is 1.08 bits per heavy atom. The van der Waals surface area contributed by atoms with Crippen LogP contribution in [0.1, 0.15) is 36.7 Å². The summed E-state index contributed by atoms with van der Waals surface area (Å²) in [7, 11) is 0. The number of Topliss-reactive ketones (excluding diaryl/α,β-unsaturated/α-hetero) is 1. The maximum absolute atomic E-state index is 12.5. The molecule has 0 aromatic heterocycles. The number of carbonyl (C=O) groups excluding carboxylic acids is 2. The Hall–Kier alpha value is -3.13. The van der Waals surface area contributed by atoms with Crippen molar-refractivity contribution in [2.75, 3.05) is 5.32 Å². The number of rotatable bonds is 6. The number of nitrogens with zero attached hydrogens (tertiary/aromatic N) is 1. The second-order valence-corrected chi connectivity index (χ2v) is 5.99. The second-order valence-electron chi connectivity index (χ2n) is 5.99. The van der Waals surface area contributed by atoms with Crippen LogP contribution in [0.25, 0.3) is 0 Å². The molecule has 0 radical (unpaired) electrons. The van der Waals surface area contributed by atoms with Crippen molar-refractivity contribution in [3.05, 3.63) is 59.7 Å². The minimum Gasteiger partial charge on any atom is -0.483 e. The molecule has 0 aliphatic rings. The van der Waals surface area contributed by atoms with Gasteiger partial charge in [0.1, 0.15) is 5.75 Å². The van der Waals surface area contributed by atoms with Crippen molar-refractivity contribution in [1.82, 2.24) is 0 Å². The summed E-state index contributed by atoms with van der Waals surface area (Å²) in [5, 5.41) is 11.7. The number of ketones is 1. The lowest BCUT2D eigenvalue weighted by molar-refractivity contribution is -0.118. The van der Waals surface area contributed by atoms with Gasteiger partial charge < -0.3 is 10.1 Å². The third-order valence-electron chi connectivity index (χ3n) is 3.61. The number of amides is 1. The van der Waals surface area contributed by atoms with E-state index in [1.807, 2.05) is 19.9 Å². The number of nitrogens with one attached hydrogen (secondary N) is 1. The van der Waals surface area contributed by atoms with Crippen molar-refractivity contribution in [3.8, 4) is 11.8 Å². The number of benzene rings is 2. The molecule has 2 rings (SSSR count). The third-order valence-corrected chi connectivity index (χ3v) is 3.61. The number of carbonyl (C=O) groups is 2. The summed E-state index contributed by atoms with van der Waals surface area (Å²) in [5.41, 5.74) is 1.61. The SMILES string of the molecule is CC(C)C(=O)Nc1ccc(C(=O)[C@H](C)Oc2cccc(C#N)c2)cc1. The van der Waals surface area contributed by atoms with Crippen LogP contribution in [0.15, 0.2) is 48.5 Å². The van der Waals surface area contributed by atoms with E-state index in [-0.39, 0.29) is 17.6 Å². The highest BCUT2D eigenvalue weighted by atomic mass is 16.5. The fraction of sp³-hybridized carbons (Fsp3) is 0.250. The second kappa shape index (κ2) is 8.11. The molecule has 0 spiro atoms. The summed E-state index contributed by atoms with van der Waals surface area (Å²) in [4.78, 5) is 24.1. The molecule has 5 nitrogen and oxygen atoms in total. The van der Waals surface area contributed by atoms with Crippen molar-refractivity contribution in [2.45, 2.75) is 26.9 Å². The zero-order valence-electron chi connectivity index (χ0n) is 14.4. The van der Waals surface area contributed by atoms with E-state index in [0.717, 1.165) is 0 Å². The lowest BCUT2D eigenvalue weighted by Gasteiger charge is -2.14. The summed E-state index contributed by atoms with van der Waals surface area (Å²) in [6.45, 7) is 5.29. The average Bonchev–Trinajstić information content (AvgIpc) is 2.61. The zero-order chi connectivity index (χ0) is 18.4. The predicted octanol–water partition coefficient (Wildman–Crippen LogP) is 3.80. The first-order valence-corrected chi connectivity index (χ1v) is 8.02. The van der Waals surface area contributed by atoms with Gasteiger partial charge in [-0.05, 0) is 49.4 Å². The molecule has 0 aliphatic heterocycles. The van der Waals surface area contributed by atoms with Gasteiger partial charge in [0.2, 0.25) is 11.7 Å². The molecule has 25 heavy (non-hydrogen) atoms. The van der Waals surface area contributed by atoms with Crippen molar-refractivity contribution in [1.29, 1.82) is 5.26 Å². The summed E-state index contributed by atoms with van der Waals surface area (Å²) in [6.07, 6.45) is -0.690. The molecule has 1 N–H and O–H groups in total. The lowest BCUT2D eigenvalue weighted by Crippen LogP contribution is -2.24. The number of hydrogen-bond acceptors (Lipinski definition) is 4. The van der Waals surface area contributed by atoms with E-state index in [1.54, 1.807) is 55.5 Å². The normalized spacial score (nSPS) is 11.5. The van der Waals surface area contributed by atoms with Crippen LogP contribution in [0.5, 0.6) is 5.75 Å². The van der Waals surface area contributed by atoms with Gasteiger partial charge in [0.15, 0.2) is 6.10 Å². The van der Waals surface area contributed by atoms with Crippen LogP contribution >= 0.6 is 0 Å². The standard InChI is InChI=1S/C20H20N2O3/c1-13(2)20(24)22-17-9-7-16(8-10-17)19(23)14(3)25-18-6-4-5-15(11-18)12-21/h4-11,13-14H,1-3H3,(H,22,24)/t14-/m0/s1. The number of anilines is 1. The highest BCUT2D eigenvalue weighted by Crippen LogP contribution is 2.17. The maximum Gasteiger partial charge on any atom is 0.226 e. The first-order valence-electron chi connectivity index (χ1n) is 8.02. The van der Waals surface area contributed by atoms with Gasteiger partial charge in [-0.15, -0.1) is 0 Å². The van der Waals surface area contributed by atoms with Crippen molar-refractivity contribution in [3.63, 3.8) is 0 Å². The van der Waals surface area contributed by atoms with Crippen LogP contribution in [-0.2, 0) is 4.79 Å².